The second-order valence-electron chi connectivity index (χ2n) is 9.01. The number of halogens is 2. The average molecular weight is 493 g/mol. The zero-order valence-electron chi connectivity index (χ0n) is 19.9. The normalized spacial score (nSPS) is 14.0. The first-order valence-corrected chi connectivity index (χ1v) is 11.6. The van der Waals surface area contributed by atoms with Crippen LogP contribution in [0.2, 0.25) is 0 Å². The topological polar surface area (TPSA) is 81.3 Å². The molecule has 0 saturated heterocycles. The van der Waals surface area contributed by atoms with Gasteiger partial charge in [0.25, 0.3) is 5.56 Å². The summed E-state index contributed by atoms with van der Waals surface area (Å²) in [4.78, 5) is 17.8. The number of anilines is 2. The molecule has 1 saturated carbocycles. The summed E-state index contributed by atoms with van der Waals surface area (Å²) in [7, 11) is 1.57. The zero-order valence-corrected chi connectivity index (χ0v) is 19.9. The third kappa shape index (κ3) is 4.74. The SMILES string of the molecule is COc1cc(Nc2cc(C3CC3)cn([C@@H](CO)c3cc(F)cc(F)c3)c2=O)ccc1-n1cnc(C)c1. The smallest absolute Gasteiger partial charge is 0.274 e. The summed E-state index contributed by atoms with van der Waals surface area (Å²) in [6.45, 7) is 1.40. The van der Waals surface area contributed by atoms with Gasteiger partial charge < -0.3 is 24.3 Å². The Balaban J connectivity index is 1.55. The van der Waals surface area contributed by atoms with E-state index in [0.717, 1.165) is 48.0 Å². The molecule has 1 atom stereocenters. The van der Waals surface area contributed by atoms with Gasteiger partial charge in [0.15, 0.2) is 0 Å². The summed E-state index contributed by atoms with van der Waals surface area (Å²) >= 11 is 0. The number of pyridine rings is 1. The van der Waals surface area contributed by atoms with Gasteiger partial charge in [0.2, 0.25) is 0 Å². The Morgan fingerprint density at radius 1 is 1.14 bits per heavy atom. The molecule has 2 aromatic carbocycles. The number of nitrogens with one attached hydrogen (secondary N) is 1. The predicted molar refractivity (Wildman–Crippen MR) is 132 cm³/mol. The number of ether oxygens (including phenoxy) is 1. The number of aromatic nitrogens is 3. The van der Waals surface area contributed by atoms with E-state index in [0.29, 0.717) is 23.0 Å². The lowest BCUT2D eigenvalue weighted by Crippen LogP contribution is -2.29. The van der Waals surface area contributed by atoms with Gasteiger partial charge in [-0.2, -0.15) is 0 Å². The quantitative estimate of drug-likeness (QED) is 0.368. The number of methoxy groups -OCH3 is 1. The number of hydrogen-bond acceptors (Lipinski definition) is 5. The first-order chi connectivity index (χ1) is 17.4. The molecule has 1 fully saturated rings. The van der Waals surface area contributed by atoms with E-state index >= 15 is 0 Å². The molecule has 4 aromatic rings. The molecular formula is C27H26F2N4O3. The third-order valence-electron chi connectivity index (χ3n) is 6.34. The van der Waals surface area contributed by atoms with E-state index < -0.39 is 29.8 Å². The molecule has 0 bridgehead atoms. The molecule has 0 radical (unpaired) electrons. The lowest BCUT2D eigenvalue weighted by molar-refractivity contribution is 0.246. The van der Waals surface area contributed by atoms with Crippen LogP contribution in [0.15, 0.2) is 66.0 Å². The highest BCUT2D eigenvalue weighted by Crippen LogP contribution is 2.41. The maximum atomic E-state index is 13.9. The molecule has 2 aromatic heterocycles. The van der Waals surface area contributed by atoms with Gasteiger partial charge in [-0.25, -0.2) is 13.8 Å². The molecule has 2 heterocycles. The highest BCUT2D eigenvalue weighted by atomic mass is 19.1. The molecule has 1 aliphatic rings. The molecule has 0 aliphatic heterocycles. The summed E-state index contributed by atoms with van der Waals surface area (Å²) in [5, 5.41) is 13.3. The van der Waals surface area contributed by atoms with Crippen LogP contribution in [-0.2, 0) is 0 Å². The van der Waals surface area contributed by atoms with Gasteiger partial charge in [-0.1, -0.05) is 0 Å². The molecule has 2 N–H and O–H groups in total. The Hall–Kier alpha value is -3.98. The standard InChI is InChI=1S/C27H26F2N4O3/c1-16-12-32(15-30-16)24-6-5-22(11-26(24)36-2)31-23-9-19(17-3-4-17)13-33(27(23)35)25(14-34)18-7-20(28)10-21(29)8-18/h5-13,15,17,25,31,34H,3-4,14H2,1-2H3/t25-/m0/s1. The van der Waals surface area contributed by atoms with Crippen LogP contribution >= 0.6 is 0 Å². The number of aryl methyl sites for hydroxylation is 1. The van der Waals surface area contributed by atoms with E-state index in [1.165, 1.54) is 4.57 Å². The average Bonchev–Trinajstić information content (AvgIpc) is 3.61. The van der Waals surface area contributed by atoms with Gasteiger partial charge in [-0.15, -0.1) is 0 Å². The van der Waals surface area contributed by atoms with Crippen molar-refractivity contribution in [1.82, 2.24) is 14.1 Å². The van der Waals surface area contributed by atoms with E-state index in [1.807, 2.05) is 29.8 Å². The number of nitrogens with zero attached hydrogens (tertiary/aromatic N) is 3. The van der Waals surface area contributed by atoms with E-state index in [1.54, 1.807) is 31.8 Å². The summed E-state index contributed by atoms with van der Waals surface area (Å²) < 4.78 is 36.6. The Morgan fingerprint density at radius 3 is 2.50 bits per heavy atom. The lowest BCUT2D eigenvalue weighted by Gasteiger charge is -2.21. The first kappa shape index (κ1) is 23.7. The summed E-state index contributed by atoms with van der Waals surface area (Å²) in [6, 6.07) is 9.35. The molecule has 1 aliphatic carbocycles. The Morgan fingerprint density at radius 2 is 1.89 bits per heavy atom. The van der Waals surface area contributed by atoms with Gasteiger partial charge in [0, 0.05) is 30.2 Å². The van der Waals surface area contributed by atoms with Gasteiger partial charge in [-0.3, -0.25) is 4.79 Å². The highest BCUT2D eigenvalue weighted by Gasteiger charge is 2.27. The fourth-order valence-corrected chi connectivity index (χ4v) is 4.38. The van der Waals surface area contributed by atoms with Gasteiger partial charge >= 0.3 is 0 Å². The van der Waals surface area contributed by atoms with Crippen molar-refractivity contribution in [2.45, 2.75) is 31.7 Å². The number of aliphatic hydroxyl groups is 1. The molecule has 0 amide bonds. The van der Waals surface area contributed by atoms with Crippen LogP contribution in [0.3, 0.4) is 0 Å². The van der Waals surface area contributed by atoms with Crippen LogP contribution in [0.1, 0.15) is 41.6 Å². The molecular weight excluding hydrogens is 466 g/mol. The molecule has 0 unspecified atom stereocenters. The molecule has 36 heavy (non-hydrogen) atoms. The van der Waals surface area contributed by atoms with Crippen molar-refractivity contribution in [3.8, 4) is 11.4 Å². The second kappa shape index (κ2) is 9.58. The van der Waals surface area contributed by atoms with Crippen molar-refractivity contribution in [3.63, 3.8) is 0 Å². The van der Waals surface area contributed by atoms with Crippen molar-refractivity contribution in [2.24, 2.45) is 0 Å². The van der Waals surface area contributed by atoms with Crippen molar-refractivity contribution in [1.29, 1.82) is 0 Å². The van der Waals surface area contributed by atoms with Crippen molar-refractivity contribution >= 4 is 11.4 Å². The number of benzene rings is 2. The van der Waals surface area contributed by atoms with E-state index in [2.05, 4.69) is 10.3 Å². The predicted octanol–water partition coefficient (Wildman–Crippen LogP) is 4.83. The fourth-order valence-electron chi connectivity index (χ4n) is 4.38. The molecule has 7 nitrogen and oxygen atoms in total. The number of aliphatic hydroxyl groups excluding tert-OH is 1. The second-order valence-corrected chi connectivity index (χ2v) is 9.01. The molecule has 186 valence electrons. The van der Waals surface area contributed by atoms with Crippen LogP contribution in [0.5, 0.6) is 5.75 Å². The van der Waals surface area contributed by atoms with Crippen LogP contribution in [-0.4, -0.2) is 32.9 Å². The van der Waals surface area contributed by atoms with Crippen molar-refractivity contribution in [3.05, 3.63) is 100.0 Å². The lowest BCUT2D eigenvalue weighted by atomic mass is 10.1. The minimum absolute atomic E-state index is 0.178. The molecule has 5 rings (SSSR count). The Kier molecular flexibility index (Phi) is 6.32. The van der Waals surface area contributed by atoms with Gasteiger partial charge in [0.05, 0.1) is 37.5 Å². The maximum absolute atomic E-state index is 13.9. The van der Waals surface area contributed by atoms with E-state index in [4.69, 9.17) is 4.74 Å². The van der Waals surface area contributed by atoms with E-state index in [-0.39, 0.29) is 5.56 Å². The molecule has 9 heteroatoms. The minimum atomic E-state index is -0.941. The highest BCUT2D eigenvalue weighted by molar-refractivity contribution is 5.65. The van der Waals surface area contributed by atoms with Crippen LogP contribution in [0, 0.1) is 18.6 Å². The summed E-state index contributed by atoms with van der Waals surface area (Å²) in [5.74, 6) is -0.663. The fraction of sp³-hybridized carbons (Fsp3) is 0.259. The largest absolute Gasteiger partial charge is 0.494 e. The van der Waals surface area contributed by atoms with Crippen LogP contribution in [0.4, 0.5) is 20.2 Å². The number of rotatable bonds is 8. The number of hydrogen-bond donors (Lipinski definition) is 2. The van der Waals surface area contributed by atoms with Crippen molar-refractivity contribution in [2.75, 3.05) is 19.0 Å². The molecule has 0 spiro atoms. The Labute approximate surface area is 206 Å². The van der Waals surface area contributed by atoms with Gasteiger partial charge in [-0.05, 0) is 67.1 Å². The van der Waals surface area contributed by atoms with E-state index in [9.17, 15) is 18.7 Å². The third-order valence-corrected chi connectivity index (χ3v) is 6.34. The summed E-state index contributed by atoms with van der Waals surface area (Å²) in [5.41, 5.74) is 3.26. The number of imidazole rings is 1. The minimum Gasteiger partial charge on any atom is -0.494 e. The van der Waals surface area contributed by atoms with Crippen molar-refractivity contribution < 1.29 is 18.6 Å². The Bertz CT molecular complexity index is 1460. The van der Waals surface area contributed by atoms with Crippen LogP contribution < -0.4 is 15.6 Å². The monoisotopic (exact) mass is 492 g/mol. The summed E-state index contributed by atoms with van der Waals surface area (Å²) in [6.07, 6.45) is 7.24. The van der Waals surface area contributed by atoms with Gasteiger partial charge in [0.1, 0.15) is 23.1 Å². The zero-order chi connectivity index (χ0) is 25.4. The first-order valence-electron chi connectivity index (χ1n) is 11.6. The maximum Gasteiger partial charge on any atom is 0.274 e. The van der Waals surface area contributed by atoms with Crippen LogP contribution in [0.25, 0.3) is 5.69 Å².